The summed E-state index contributed by atoms with van der Waals surface area (Å²) in [5.41, 5.74) is 2.42. The van der Waals surface area contributed by atoms with Gasteiger partial charge in [-0.05, 0) is 53.6 Å². The van der Waals surface area contributed by atoms with E-state index < -0.39 is 10.0 Å². The van der Waals surface area contributed by atoms with Gasteiger partial charge in [-0.25, -0.2) is 8.42 Å². The first-order valence-corrected chi connectivity index (χ1v) is 13.9. The minimum absolute atomic E-state index is 0.0810. The number of anilines is 2. The number of benzene rings is 3. The Kier molecular flexibility index (Phi) is 7.16. The number of sulfonamides is 1. The van der Waals surface area contributed by atoms with Crippen molar-refractivity contribution in [1.29, 1.82) is 0 Å². The van der Waals surface area contributed by atoms with E-state index in [-0.39, 0.29) is 10.8 Å². The number of nitrogens with zero attached hydrogens (tertiary/aromatic N) is 4. The van der Waals surface area contributed by atoms with Crippen molar-refractivity contribution in [2.45, 2.75) is 24.7 Å². The zero-order valence-corrected chi connectivity index (χ0v) is 21.5. The van der Waals surface area contributed by atoms with Crippen LogP contribution in [0.4, 0.5) is 11.5 Å². The van der Waals surface area contributed by atoms with Crippen LogP contribution in [0.5, 0.6) is 0 Å². The molecule has 0 spiro atoms. The molecule has 37 heavy (non-hydrogen) atoms. The van der Waals surface area contributed by atoms with Crippen molar-refractivity contribution in [2.24, 2.45) is 0 Å². The highest BCUT2D eigenvalue weighted by Crippen LogP contribution is 2.28. The minimum Gasteiger partial charge on any atom is -0.352 e. The first-order chi connectivity index (χ1) is 18.0. The van der Waals surface area contributed by atoms with Crippen molar-refractivity contribution in [1.82, 2.24) is 14.5 Å². The van der Waals surface area contributed by atoms with Gasteiger partial charge < -0.3 is 10.2 Å². The summed E-state index contributed by atoms with van der Waals surface area (Å²) in [5.74, 6) is 0.649. The Hall–Kier alpha value is -3.82. The van der Waals surface area contributed by atoms with E-state index in [1.54, 1.807) is 24.3 Å². The van der Waals surface area contributed by atoms with Gasteiger partial charge in [-0.2, -0.15) is 4.31 Å². The van der Waals surface area contributed by atoms with Gasteiger partial charge in [0.25, 0.3) is 0 Å². The SMILES string of the molecule is CCCC(=O)Nc1ccc(S(=O)(=O)N2CCN(c3ccc(-c4cccc5ccccc45)nn3)CC2)cc1. The highest BCUT2D eigenvalue weighted by molar-refractivity contribution is 7.89. The Balaban J connectivity index is 1.23. The summed E-state index contributed by atoms with van der Waals surface area (Å²) in [6.07, 6.45) is 1.19. The molecule has 9 heteroatoms. The van der Waals surface area contributed by atoms with Crippen LogP contribution in [0, 0.1) is 0 Å². The van der Waals surface area contributed by atoms with Crippen LogP contribution in [-0.2, 0) is 14.8 Å². The van der Waals surface area contributed by atoms with Crippen LogP contribution in [0.3, 0.4) is 0 Å². The van der Waals surface area contributed by atoms with E-state index in [9.17, 15) is 13.2 Å². The van der Waals surface area contributed by atoms with Crippen LogP contribution >= 0.6 is 0 Å². The zero-order chi connectivity index (χ0) is 25.8. The van der Waals surface area contributed by atoms with Crippen LogP contribution in [0.2, 0.25) is 0 Å². The molecule has 0 radical (unpaired) electrons. The molecular weight excluding hydrogens is 486 g/mol. The predicted molar refractivity (Wildman–Crippen MR) is 146 cm³/mol. The topological polar surface area (TPSA) is 95.5 Å². The monoisotopic (exact) mass is 515 g/mol. The van der Waals surface area contributed by atoms with Gasteiger partial charge in [-0.15, -0.1) is 10.2 Å². The molecule has 8 nitrogen and oxygen atoms in total. The van der Waals surface area contributed by atoms with Crippen molar-refractivity contribution in [3.05, 3.63) is 78.9 Å². The molecule has 5 rings (SSSR count). The van der Waals surface area contributed by atoms with Gasteiger partial charge in [0, 0.05) is 43.9 Å². The molecule has 0 unspecified atom stereocenters. The molecule has 1 saturated heterocycles. The quantitative estimate of drug-likeness (QED) is 0.388. The molecule has 1 amide bonds. The number of rotatable bonds is 7. The Morgan fingerprint density at radius 3 is 2.30 bits per heavy atom. The fraction of sp³-hybridized carbons (Fsp3) is 0.250. The molecule has 1 N–H and O–H groups in total. The summed E-state index contributed by atoms with van der Waals surface area (Å²) >= 11 is 0. The van der Waals surface area contributed by atoms with E-state index in [0.717, 1.165) is 34.3 Å². The highest BCUT2D eigenvalue weighted by Gasteiger charge is 2.29. The smallest absolute Gasteiger partial charge is 0.243 e. The number of hydrogen-bond acceptors (Lipinski definition) is 6. The van der Waals surface area contributed by atoms with Gasteiger partial charge in [0.15, 0.2) is 5.82 Å². The maximum atomic E-state index is 13.2. The Morgan fingerprint density at radius 2 is 1.59 bits per heavy atom. The molecule has 1 fully saturated rings. The second kappa shape index (κ2) is 10.7. The Labute approximate surface area is 217 Å². The average Bonchev–Trinajstić information content (AvgIpc) is 2.93. The number of aromatic nitrogens is 2. The van der Waals surface area contributed by atoms with Gasteiger partial charge in [-0.1, -0.05) is 49.4 Å². The van der Waals surface area contributed by atoms with Gasteiger partial charge in [0.2, 0.25) is 15.9 Å². The molecule has 0 bridgehead atoms. The molecule has 1 aliphatic rings. The summed E-state index contributed by atoms with van der Waals surface area (Å²) in [7, 11) is -3.63. The lowest BCUT2D eigenvalue weighted by atomic mass is 10.0. The van der Waals surface area contributed by atoms with Gasteiger partial charge >= 0.3 is 0 Å². The van der Waals surface area contributed by atoms with Crippen LogP contribution in [-0.4, -0.2) is 55.0 Å². The number of hydrogen-bond donors (Lipinski definition) is 1. The van der Waals surface area contributed by atoms with Crippen LogP contribution in [0.15, 0.2) is 83.8 Å². The van der Waals surface area contributed by atoms with Crippen LogP contribution in [0.25, 0.3) is 22.0 Å². The van der Waals surface area contributed by atoms with Crippen molar-refractivity contribution in [3.8, 4) is 11.3 Å². The van der Waals surface area contributed by atoms with Gasteiger partial charge in [0.1, 0.15) is 0 Å². The zero-order valence-electron chi connectivity index (χ0n) is 20.7. The lowest BCUT2D eigenvalue weighted by Gasteiger charge is -2.34. The molecule has 190 valence electrons. The fourth-order valence-electron chi connectivity index (χ4n) is 4.55. The Bertz CT molecular complexity index is 1490. The maximum absolute atomic E-state index is 13.2. The van der Waals surface area contributed by atoms with E-state index in [1.165, 1.54) is 4.31 Å². The second-order valence-electron chi connectivity index (χ2n) is 9.02. The maximum Gasteiger partial charge on any atom is 0.243 e. The lowest BCUT2D eigenvalue weighted by molar-refractivity contribution is -0.116. The highest BCUT2D eigenvalue weighted by atomic mass is 32.2. The average molecular weight is 516 g/mol. The van der Waals surface area contributed by atoms with Crippen LogP contribution < -0.4 is 10.2 Å². The Morgan fingerprint density at radius 1 is 0.865 bits per heavy atom. The van der Waals surface area contributed by atoms with Crippen molar-refractivity contribution in [2.75, 3.05) is 36.4 Å². The molecular formula is C28H29N5O3S. The predicted octanol–water partition coefficient (Wildman–Crippen LogP) is 4.55. The van der Waals surface area contributed by atoms with E-state index in [0.29, 0.717) is 38.3 Å². The first kappa shape index (κ1) is 24.9. The molecule has 0 aliphatic carbocycles. The fourth-order valence-corrected chi connectivity index (χ4v) is 5.98. The van der Waals surface area contributed by atoms with Gasteiger partial charge in [-0.3, -0.25) is 4.79 Å². The number of amides is 1. The third-order valence-electron chi connectivity index (χ3n) is 6.53. The van der Waals surface area contributed by atoms with E-state index in [1.807, 2.05) is 43.3 Å². The number of fused-ring (bicyclic) bond motifs is 1. The molecule has 0 atom stereocenters. The van der Waals surface area contributed by atoms with Crippen LogP contribution in [0.1, 0.15) is 19.8 Å². The standard InChI is InChI=1S/C28H29N5O3S/c1-2-6-28(34)29-22-11-13-23(14-12-22)37(35,36)33-19-17-32(18-20-33)27-16-15-26(30-31-27)25-10-5-8-21-7-3-4-9-24(21)25/h3-5,7-16H,2,6,17-20H2,1H3,(H,29,34). The summed E-state index contributed by atoms with van der Waals surface area (Å²) in [4.78, 5) is 14.1. The molecule has 4 aromatic rings. The molecule has 1 aromatic heterocycles. The number of carbonyl (C=O) groups excluding carboxylic acids is 1. The number of carbonyl (C=O) groups is 1. The van der Waals surface area contributed by atoms with Gasteiger partial charge in [0.05, 0.1) is 10.6 Å². The summed E-state index contributed by atoms with van der Waals surface area (Å²) < 4.78 is 27.8. The molecule has 0 saturated carbocycles. The normalized spacial score (nSPS) is 14.6. The third kappa shape index (κ3) is 5.33. The lowest BCUT2D eigenvalue weighted by Crippen LogP contribution is -2.49. The molecule has 2 heterocycles. The summed E-state index contributed by atoms with van der Waals surface area (Å²) in [6.45, 7) is 3.68. The van der Waals surface area contributed by atoms with E-state index in [2.05, 4.69) is 38.6 Å². The molecule has 1 aliphatic heterocycles. The van der Waals surface area contributed by atoms with Crippen molar-refractivity contribution >= 4 is 38.2 Å². The van der Waals surface area contributed by atoms with Crippen molar-refractivity contribution < 1.29 is 13.2 Å². The minimum atomic E-state index is -3.63. The largest absolute Gasteiger partial charge is 0.352 e. The molecule has 3 aromatic carbocycles. The summed E-state index contributed by atoms with van der Waals surface area (Å²) in [6, 6.07) is 24.6. The van der Waals surface area contributed by atoms with E-state index in [4.69, 9.17) is 0 Å². The number of nitrogens with one attached hydrogen (secondary N) is 1. The summed E-state index contributed by atoms with van der Waals surface area (Å²) in [5, 5.41) is 14.0. The van der Waals surface area contributed by atoms with Crippen molar-refractivity contribution in [3.63, 3.8) is 0 Å². The third-order valence-corrected chi connectivity index (χ3v) is 8.44. The van der Waals surface area contributed by atoms with E-state index >= 15 is 0 Å². The first-order valence-electron chi connectivity index (χ1n) is 12.4. The second-order valence-corrected chi connectivity index (χ2v) is 11.0. The number of piperazine rings is 1.